The number of rotatable bonds is 12. The third kappa shape index (κ3) is 8.41. The molecule has 3 aromatic rings. The van der Waals surface area contributed by atoms with Gasteiger partial charge in [-0.1, -0.05) is 77.5 Å². The van der Waals surface area contributed by atoms with Gasteiger partial charge in [-0.15, -0.1) is 0 Å². The number of hydrogen-bond acceptors (Lipinski definition) is 4. The Morgan fingerprint density at radius 2 is 1.60 bits per heavy atom. The van der Waals surface area contributed by atoms with Crippen molar-refractivity contribution in [1.82, 2.24) is 10.2 Å². The smallest absolute Gasteiger partial charge is 0.244 e. The predicted molar refractivity (Wildman–Crippen MR) is 165 cm³/mol. The van der Waals surface area contributed by atoms with Gasteiger partial charge in [0.05, 0.1) is 11.9 Å². The number of hydrogen-bond donors (Lipinski definition) is 1. The molecule has 2 amide bonds. The number of aryl methyl sites for hydroxylation is 1. The van der Waals surface area contributed by atoms with Crippen molar-refractivity contribution in [2.45, 2.75) is 59.2 Å². The molecule has 40 heavy (non-hydrogen) atoms. The van der Waals surface area contributed by atoms with Gasteiger partial charge < -0.3 is 10.2 Å². The van der Waals surface area contributed by atoms with E-state index in [1.165, 1.54) is 4.90 Å². The van der Waals surface area contributed by atoms with Gasteiger partial charge in [0, 0.05) is 23.5 Å². The zero-order chi connectivity index (χ0) is 29.4. The molecule has 0 unspecified atom stereocenters. The number of benzene rings is 3. The lowest BCUT2D eigenvalue weighted by Gasteiger charge is -2.34. The lowest BCUT2D eigenvalue weighted by molar-refractivity contribution is -0.140. The first-order chi connectivity index (χ1) is 18.9. The lowest BCUT2D eigenvalue weighted by Crippen LogP contribution is -2.54. The van der Waals surface area contributed by atoms with Gasteiger partial charge >= 0.3 is 0 Å². The number of anilines is 1. The van der Waals surface area contributed by atoms with Crippen LogP contribution in [0.3, 0.4) is 0 Å². The highest BCUT2D eigenvalue weighted by molar-refractivity contribution is 9.10. The Morgan fingerprint density at radius 3 is 2.23 bits per heavy atom. The average Bonchev–Trinajstić information content (AvgIpc) is 2.90. The maximum atomic E-state index is 14.2. The van der Waals surface area contributed by atoms with E-state index in [9.17, 15) is 18.0 Å². The molecule has 0 aromatic heterocycles. The van der Waals surface area contributed by atoms with Crippen LogP contribution in [0.1, 0.15) is 42.5 Å². The van der Waals surface area contributed by atoms with E-state index in [1.807, 2.05) is 88.4 Å². The van der Waals surface area contributed by atoms with Crippen LogP contribution in [0.15, 0.2) is 77.3 Å². The molecule has 0 aliphatic heterocycles. The molecule has 214 valence electrons. The van der Waals surface area contributed by atoms with Crippen LogP contribution in [0, 0.1) is 13.8 Å². The molecule has 0 fully saturated rings. The molecule has 3 rings (SSSR count). The highest BCUT2D eigenvalue weighted by Crippen LogP contribution is 2.26. The first-order valence-corrected chi connectivity index (χ1v) is 16.0. The minimum Gasteiger partial charge on any atom is -0.352 e. The van der Waals surface area contributed by atoms with E-state index in [0.29, 0.717) is 5.69 Å². The minimum absolute atomic E-state index is 0.0870. The van der Waals surface area contributed by atoms with Gasteiger partial charge in [0.15, 0.2) is 0 Å². The zero-order valence-corrected chi connectivity index (χ0v) is 26.1. The van der Waals surface area contributed by atoms with E-state index < -0.39 is 28.5 Å². The maximum absolute atomic E-state index is 14.2. The largest absolute Gasteiger partial charge is 0.352 e. The highest BCUT2D eigenvalue weighted by atomic mass is 79.9. The maximum Gasteiger partial charge on any atom is 0.244 e. The van der Waals surface area contributed by atoms with Crippen LogP contribution in [0.5, 0.6) is 0 Å². The molecule has 3 aromatic carbocycles. The van der Waals surface area contributed by atoms with Crippen molar-refractivity contribution in [1.29, 1.82) is 0 Å². The number of sulfonamides is 1. The van der Waals surface area contributed by atoms with Crippen LogP contribution in [0.2, 0.25) is 0 Å². The number of nitrogens with zero attached hydrogens (tertiary/aromatic N) is 2. The minimum atomic E-state index is -3.82. The summed E-state index contributed by atoms with van der Waals surface area (Å²) in [6.07, 6.45) is 2.11. The summed E-state index contributed by atoms with van der Waals surface area (Å²) in [6, 6.07) is 21.5. The van der Waals surface area contributed by atoms with Gasteiger partial charge in [-0.25, -0.2) is 8.42 Å². The van der Waals surface area contributed by atoms with Gasteiger partial charge in [0.25, 0.3) is 0 Å². The first kappa shape index (κ1) is 31.4. The van der Waals surface area contributed by atoms with Crippen LogP contribution in [-0.4, -0.2) is 50.0 Å². The summed E-state index contributed by atoms with van der Waals surface area (Å²) in [7, 11) is -3.82. The van der Waals surface area contributed by atoms with Crippen molar-refractivity contribution in [3.05, 3.63) is 99.5 Å². The fourth-order valence-corrected chi connectivity index (χ4v) is 5.77. The Morgan fingerprint density at radius 1 is 0.950 bits per heavy atom. The van der Waals surface area contributed by atoms with Gasteiger partial charge in [-0.05, 0) is 67.6 Å². The van der Waals surface area contributed by atoms with Crippen molar-refractivity contribution >= 4 is 43.5 Å². The van der Waals surface area contributed by atoms with Crippen LogP contribution in [-0.2, 0) is 32.6 Å². The van der Waals surface area contributed by atoms with Crippen molar-refractivity contribution in [2.24, 2.45) is 0 Å². The normalized spacial score (nSPS) is 12.8. The van der Waals surface area contributed by atoms with Crippen molar-refractivity contribution in [3.63, 3.8) is 0 Å². The van der Waals surface area contributed by atoms with Crippen LogP contribution in [0.25, 0.3) is 0 Å². The Bertz CT molecular complexity index is 1430. The molecule has 0 saturated heterocycles. The van der Waals surface area contributed by atoms with Crippen LogP contribution < -0.4 is 9.62 Å². The predicted octanol–water partition coefficient (Wildman–Crippen LogP) is 5.39. The monoisotopic (exact) mass is 627 g/mol. The fourth-order valence-electron chi connectivity index (χ4n) is 4.43. The van der Waals surface area contributed by atoms with Crippen molar-refractivity contribution < 1.29 is 18.0 Å². The SMILES string of the molecule is CC[C@H](C)NC(=O)[C@H](Cc1ccccc1)N(Cc1cccc(Br)c1)C(=O)CN(c1cccc(C)c1C)S(C)(=O)=O. The molecule has 7 nitrogen and oxygen atoms in total. The molecule has 1 N–H and O–H groups in total. The van der Waals surface area contributed by atoms with Gasteiger partial charge in [-0.3, -0.25) is 13.9 Å². The Hall–Kier alpha value is -3.17. The second kappa shape index (κ2) is 13.9. The van der Waals surface area contributed by atoms with Gasteiger partial charge in [0.2, 0.25) is 21.8 Å². The quantitative estimate of drug-likeness (QED) is 0.292. The molecule has 0 saturated carbocycles. The first-order valence-electron chi connectivity index (χ1n) is 13.3. The third-order valence-corrected chi connectivity index (χ3v) is 8.66. The highest BCUT2D eigenvalue weighted by Gasteiger charge is 2.33. The third-order valence-electron chi connectivity index (χ3n) is 7.04. The molecule has 0 spiro atoms. The zero-order valence-electron chi connectivity index (χ0n) is 23.7. The van der Waals surface area contributed by atoms with Crippen LogP contribution in [0.4, 0.5) is 5.69 Å². The second-order valence-corrected chi connectivity index (χ2v) is 13.0. The van der Waals surface area contributed by atoms with E-state index in [0.717, 1.165) is 43.7 Å². The number of carbonyl (C=O) groups excluding carboxylic acids is 2. The van der Waals surface area contributed by atoms with Gasteiger partial charge in [0.1, 0.15) is 12.6 Å². The molecule has 9 heteroatoms. The summed E-state index contributed by atoms with van der Waals surface area (Å²) < 4.78 is 28.0. The molecule has 2 atom stereocenters. The lowest BCUT2D eigenvalue weighted by atomic mass is 10.0. The summed E-state index contributed by atoms with van der Waals surface area (Å²) in [6.45, 7) is 7.34. The molecule has 0 aliphatic rings. The van der Waals surface area contributed by atoms with E-state index in [1.54, 1.807) is 12.1 Å². The fraction of sp³-hybridized carbons (Fsp3) is 0.355. The summed E-state index contributed by atoms with van der Waals surface area (Å²) in [5, 5.41) is 3.04. The summed E-state index contributed by atoms with van der Waals surface area (Å²) in [5.74, 6) is -0.745. The van der Waals surface area contributed by atoms with Gasteiger partial charge in [-0.2, -0.15) is 0 Å². The Labute approximate surface area is 246 Å². The van der Waals surface area contributed by atoms with E-state index in [-0.39, 0.29) is 24.9 Å². The van der Waals surface area contributed by atoms with Crippen LogP contribution >= 0.6 is 15.9 Å². The average molecular weight is 629 g/mol. The summed E-state index contributed by atoms with van der Waals surface area (Å²) in [4.78, 5) is 29.4. The van der Waals surface area contributed by atoms with E-state index >= 15 is 0 Å². The summed E-state index contributed by atoms with van der Waals surface area (Å²) >= 11 is 3.49. The van der Waals surface area contributed by atoms with E-state index in [4.69, 9.17) is 0 Å². The number of carbonyl (C=O) groups is 2. The number of amides is 2. The van der Waals surface area contributed by atoms with E-state index in [2.05, 4.69) is 21.2 Å². The molecule has 0 heterocycles. The molecular weight excluding hydrogens is 590 g/mol. The Balaban J connectivity index is 2.09. The van der Waals surface area contributed by atoms with Crippen molar-refractivity contribution in [3.8, 4) is 0 Å². The molecule has 0 bridgehead atoms. The topological polar surface area (TPSA) is 86.8 Å². The number of nitrogens with one attached hydrogen (secondary N) is 1. The van der Waals surface area contributed by atoms with Crippen molar-refractivity contribution in [2.75, 3.05) is 17.1 Å². The Kier molecular flexibility index (Phi) is 10.9. The summed E-state index contributed by atoms with van der Waals surface area (Å²) in [5.41, 5.74) is 3.85. The molecule has 0 aliphatic carbocycles. The second-order valence-electron chi connectivity index (χ2n) is 10.2. The standard InChI is InChI=1S/C31H38BrN3O4S/c1-6-23(3)33-31(37)29(19-25-13-8-7-9-14-25)34(20-26-15-11-16-27(32)18-26)30(36)21-35(40(5,38)39)28-17-10-12-22(2)24(28)4/h7-18,23,29H,6,19-21H2,1-5H3,(H,33,37)/t23-,29-/m0/s1. The molecule has 0 radical (unpaired) electrons. The number of halogens is 1. The molecular formula is C31H38BrN3O4S.